The Morgan fingerprint density at radius 1 is 0.903 bits per heavy atom. The summed E-state index contributed by atoms with van der Waals surface area (Å²) in [5.74, 6) is -1.91. The Bertz CT molecular complexity index is 1230. The van der Waals surface area contributed by atoms with Crippen LogP contribution in [-0.2, 0) is 9.53 Å². The van der Waals surface area contributed by atoms with Crippen molar-refractivity contribution in [2.75, 3.05) is 5.32 Å². The lowest BCUT2D eigenvalue weighted by atomic mass is 9.84. The molecule has 2 aromatic carbocycles. The first-order chi connectivity index (χ1) is 14.8. The van der Waals surface area contributed by atoms with E-state index in [2.05, 4.69) is 15.3 Å². The number of anilines is 1. The summed E-state index contributed by atoms with van der Waals surface area (Å²) in [4.78, 5) is 57.9. The quantitative estimate of drug-likeness (QED) is 0.510. The van der Waals surface area contributed by atoms with Gasteiger partial charge in [0.25, 0.3) is 5.91 Å². The highest BCUT2D eigenvalue weighted by molar-refractivity contribution is 6.28. The van der Waals surface area contributed by atoms with Crippen LogP contribution < -0.4 is 5.32 Å². The van der Waals surface area contributed by atoms with Gasteiger partial charge in [0.05, 0.1) is 11.9 Å². The third-order valence-electron chi connectivity index (χ3n) is 4.84. The number of carbonyl (C=O) groups is 4. The number of nitrogens with zero attached hydrogens (tertiary/aromatic N) is 2. The first-order valence-corrected chi connectivity index (χ1v) is 9.48. The molecule has 1 atom stereocenters. The van der Waals surface area contributed by atoms with E-state index in [0.717, 1.165) is 0 Å². The van der Waals surface area contributed by atoms with Crippen molar-refractivity contribution in [3.63, 3.8) is 0 Å². The van der Waals surface area contributed by atoms with Gasteiger partial charge in [0.15, 0.2) is 23.4 Å². The highest BCUT2D eigenvalue weighted by atomic mass is 16.5. The first kappa shape index (κ1) is 20.1. The molecule has 1 aromatic heterocycles. The average molecular weight is 415 g/mol. The Kier molecular flexibility index (Phi) is 5.12. The van der Waals surface area contributed by atoms with E-state index in [-0.39, 0.29) is 28.4 Å². The summed E-state index contributed by atoms with van der Waals surface area (Å²) in [7, 11) is 0. The number of esters is 1. The third-order valence-corrected chi connectivity index (χ3v) is 4.84. The van der Waals surface area contributed by atoms with Crippen LogP contribution in [0.2, 0.25) is 0 Å². The lowest BCUT2D eigenvalue weighted by molar-refractivity contribution is -0.123. The predicted molar refractivity (Wildman–Crippen MR) is 110 cm³/mol. The molecule has 1 aliphatic rings. The second-order valence-corrected chi connectivity index (χ2v) is 7.04. The molecule has 4 rings (SSSR count). The van der Waals surface area contributed by atoms with Crippen LogP contribution in [0.4, 0.5) is 5.69 Å². The molecule has 8 heteroatoms. The Hall–Kier alpha value is -4.20. The minimum atomic E-state index is -1.12. The topological polar surface area (TPSA) is 115 Å². The number of aromatic nitrogens is 2. The van der Waals surface area contributed by atoms with Gasteiger partial charge in [-0.2, -0.15) is 0 Å². The fourth-order valence-corrected chi connectivity index (χ4v) is 3.19. The van der Waals surface area contributed by atoms with E-state index in [1.54, 1.807) is 31.2 Å². The molecule has 0 fully saturated rings. The van der Waals surface area contributed by atoms with Crippen molar-refractivity contribution in [3.05, 3.63) is 88.5 Å². The molecular weight excluding hydrogens is 398 g/mol. The highest BCUT2D eigenvalue weighted by Gasteiger charge is 2.29. The predicted octanol–water partition coefficient (Wildman–Crippen LogP) is 2.74. The minimum Gasteiger partial charge on any atom is -0.448 e. The number of amides is 1. The summed E-state index contributed by atoms with van der Waals surface area (Å²) in [6.07, 6.45) is 1.57. The molecule has 0 radical (unpaired) electrons. The van der Waals surface area contributed by atoms with E-state index in [4.69, 9.17) is 4.74 Å². The standard InChI is InChI=1S/C23H17N3O5/c1-12-10-25-19(11-24-12)23(30)31-13(2)22(29)26-14-7-8-17-18(9-14)21(28)16-6-4-3-5-15(16)20(17)27/h3-11,13H,1-2H3,(H,26,29)/t13-/m1/s1. The van der Waals surface area contributed by atoms with Gasteiger partial charge in [-0.05, 0) is 32.0 Å². The summed E-state index contributed by atoms with van der Waals surface area (Å²) < 4.78 is 5.13. The fraction of sp³-hybridized carbons (Fsp3) is 0.130. The van der Waals surface area contributed by atoms with Crippen molar-refractivity contribution >= 4 is 29.1 Å². The van der Waals surface area contributed by atoms with Crippen LogP contribution in [0.5, 0.6) is 0 Å². The molecule has 1 heterocycles. The van der Waals surface area contributed by atoms with Gasteiger partial charge in [-0.15, -0.1) is 0 Å². The maximum Gasteiger partial charge on any atom is 0.359 e. The van der Waals surface area contributed by atoms with Crippen LogP contribution in [0.1, 0.15) is 54.9 Å². The Morgan fingerprint density at radius 2 is 1.55 bits per heavy atom. The molecular formula is C23H17N3O5. The molecule has 0 aliphatic heterocycles. The van der Waals surface area contributed by atoms with Gasteiger partial charge in [0.1, 0.15) is 0 Å². The van der Waals surface area contributed by atoms with E-state index < -0.39 is 18.0 Å². The van der Waals surface area contributed by atoms with E-state index in [1.807, 2.05) is 0 Å². The van der Waals surface area contributed by atoms with Crippen LogP contribution in [0.15, 0.2) is 54.9 Å². The Labute approximate surface area is 177 Å². The largest absolute Gasteiger partial charge is 0.448 e. The number of hydrogen-bond donors (Lipinski definition) is 1. The second-order valence-electron chi connectivity index (χ2n) is 7.04. The van der Waals surface area contributed by atoms with Crippen molar-refractivity contribution in [1.82, 2.24) is 9.97 Å². The number of ether oxygens (including phenoxy) is 1. The lowest BCUT2D eigenvalue weighted by Gasteiger charge is -2.19. The molecule has 154 valence electrons. The summed E-state index contributed by atoms with van der Waals surface area (Å²) in [5.41, 5.74) is 2.11. The average Bonchev–Trinajstić information content (AvgIpc) is 2.77. The summed E-state index contributed by atoms with van der Waals surface area (Å²) >= 11 is 0. The van der Waals surface area contributed by atoms with Gasteiger partial charge in [-0.25, -0.2) is 9.78 Å². The van der Waals surface area contributed by atoms with E-state index in [9.17, 15) is 19.2 Å². The number of fused-ring (bicyclic) bond motifs is 2. The molecule has 8 nitrogen and oxygen atoms in total. The highest BCUT2D eigenvalue weighted by Crippen LogP contribution is 2.29. The normalized spacial score (nSPS) is 13.1. The molecule has 1 amide bonds. The summed E-state index contributed by atoms with van der Waals surface area (Å²) in [5, 5.41) is 2.60. The molecule has 0 bridgehead atoms. The van der Waals surface area contributed by atoms with Crippen LogP contribution >= 0.6 is 0 Å². The van der Waals surface area contributed by atoms with E-state index in [0.29, 0.717) is 22.5 Å². The van der Waals surface area contributed by atoms with Crippen LogP contribution in [0.3, 0.4) is 0 Å². The van der Waals surface area contributed by atoms with Crippen LogP contribution in [-0.4, -0.2) is 39.5 Å². The molecule has 1 aliphatic carbocycles. The number of rotatable bonds is 4. The van der Waals surface area contributed by atoms with Gasteiger partial charge < -0.3 is 10.1 Å². The summed E-state index contributed by atoms with van der Waals surface area (Å²) in [6, 6.07) is 11.1. The zero-order valence-corrected chi connectivity index (χ0v) is 16.7. The van der Waals surface area contributed by atoms with Crippen LogP contribution in [0, 0.1) is 6.92 Å². The molecule has 3 aromatic rings. The SMILES string of the molecule is Cc1cnc(C(=O)O[C@H](C)C(=O)Nc2ccc3c(c2)C(=O)c2ccccc2C3=O)cn1. The van der Waals surface area contributed by atoms with Gasteiger partial charge in [-0.3, -0.25) is 19.4 Å². The minimum absolute atomic E-state index is 0.0122. The molecule has 1 N–H and O–H groups in total. The number of benzene rings is 2. The zero-order chi connectivity index (χ0) is 22.1. The third kappa shape index (κ3) is 3.83. The van der Waals surface area contributed by atoms with E-state index in [1.165, 1.54) is 37.5 Å². The monoisotopic (exact) mass is 415 g/mol. The molecule has 31 heavy (non-hydrogen) atoms. The number of ketones is 2. The molecule has 0 saturated heterocycles. The maximum absolute atomic E-state index is 12.8. The number of carbonyl (C=O) groups excluding carboxylic acids is 4. The zero-order valence-electron chi connectivity index (χ0n) is 16.7. The summed E-state index contributed by atoms with van der Waals surface area (Å²) in [6.45, 7) is 3.14. The fourth-order valence-electron chi connectivity index (χ4n) is 3.19. The van der Waals surface area contributed by atoms with Crippen molar-refractivity contribution < 1.29 is 23.9 Å². The van der Waals surface area contributed by atoms with Gasteiger partial charge in [0, 0.05) is 34.1 Å². The Balaban J connectivity index is 1.49. The molecule has 0 spiro atoms. The van der Waals surface area contributed by atoms with Crippen LogP contribution in [0.25, 0.3) is 0 Å². The van der Waals surface area contributed by atoms with Gasteiger partial charge in [-0.1, -0.05) is 24.3 Å². The number of nitrogens with one attached hydrogen (secondary N) is 1. The van der Waals surface area contributed by atoms with Crippen molar-refractivity contribution in [2.24, 2.45) is 0 Å². The van der Waals surface area contributed by atoms with E-state index >= 15 is 0 Å². The number of hydrogen-bond acceptors (Lipinski definition) is 7. The number of aryl methyl sites for hydroxylation is 1. The molecule has 0 saturated carbocycles. The second kappa shape index (κ2) is 7.91. The smallest absolute Gasteiger partial charge is 0.359 e. The van der Waals surface area contributed by atoms with Gasteiger partial charge >= 0.3 is 5.97 Å². The Morgan fingerprint density at radius 3 is 2.19 bits per heavy atom. The maximum atomic E-state index is 12.8. The first-order valence-electron chi connectivity index (χ1n) is 9.48. The van der Waals surface area contributed by atoms with Crippen molar-refractivity contribution in [2.45, 2.75) is 20.0 Å². The van der Waals surface area contributed by atoms with Crippen molar-refractivity contribution in [3.8, 4) is 0 Å². The van der Waals surface area contributed by atoms with Crippen molar-refractivity contribution in [1.29, 1.82) is 0 Å². The molecule has 0 unspecified atom stereocenters. The van der Waals surface area contributed by atoms with Gasteiger partial charge in [0.2, 0.25) is 0 Å². The lowest BCUT2D eigenvalue weighted by Crippen LogP contribution is -2.30.